The lowest BCUT2D eigenvalue weighted by atomic mass is 10.1. The van der Waals surface area contributed by atoms with Gasteiger partial charge in [0.25, 0.3) is 0 Å². The van der Waals surface area contributed by atoms with Crippen LogP contribution in [0.15, 0.2) is 36.7 Å². The summed E-state index contributed by atoms with van der Waals surface area (Å²) in [6, 6.07) is 7.85. The van der Waals surface area contributed by atoms with Crippen LogP contribution < -0.4 is 10.6 Å². The predicted octanol–water partition coefficient (Wildman–Crippen LogP) is 1.63. The fraction of sp³-hybridized carbons (Fsp3) is 0.214. The molecule has 20 heavy (non-hydrogen) atoms. The number of benzene rings is 1. The van der Waals surface area contributed by atoms with Gasteiger partial charge in [-0.15, -0.1) is 0 Å². The van der Waals surface area contributed by atoms with Gasteiger partial charge in [0.1, 0.15) is 0 Å². The number of carbonyl (C=O) groups excluding carboxylic acids is 1. The van der Waals surface area contributed by atoms with Crippen LogP contribution in [0.25, 0.3) is 11.1 Å². The molecule has 0 aliphatic heterocycles. The lowest BCUT2D eigenvalue weighted by Gasteiger charge is -2.07. The Morgan fingerprint density at radius 2 is 2.00 bits per heavy atom. The van der Waals surface area contributed by atoms with E-state index in [-0.39, 0.29) is 11.2 Å². The smallest absolute Gasteiger partial charge is 0.234 e. The van der Waals surface area contributed by atoms with Crippen LogP contribution in [0, 0.1) is 0 Å². The third-order valence-corrected chi connectivity index (χ3v) is 2.90. The van der Waals surface area contributed by atoms with Crippen LogP contribution in [-0.2, 0) is 11.3 Å². The molecule has 2 N–H and O–H groups in total. The highest BCUT2D eigenvalue weighted by Crippen LogP contribution is 2.19. The largest absolute Gasteiger partial charge is 0.351 e. The Kier molecular flexibility index (Phi) is 5.03. The molecule has 1 aromatic carbocycles. The van der Waals surface area contributed by atoms with Crippen LogP contribution in [-0.4, -0.2) is 29.5 Å². The Morgan fingerprint density at radius 1 is 1.25 bits per heavy atom. The van der Waals surface area contributed by atoms with Gasteiger partial charge in [0.05, 0.1) is 6.54 Å². The number of likely N-dealkylation sites (N-methyl/N-ethyl adjacent to an activating group) is 1. The standard InChI is InChI=1S/C14H15ClN4O/c1-16-9-13(20)17-6-10-3-2-4-11(5-10)12-7-18-14(15)19-8-12/h2-5,7-8,16H,6,9H2,1H3,(H,17,20). The van der Waals surface area contributed by atoms with Gasteiger partial charge in [-0.25, -0.2) is 9.97 Å². The zero-order valence-corrected chi connectivity index (χ0v) is 11.8. The lowest BCUT2D eigenvalue weighted by molar-refractivity contribution is -0.120. The number of nitrogens with one attached hydrogen (secondary N) is 2. The number of rotatable bonds is 5. The summed E-state index contributed by atoms with van der Waals surface area (Å²) in [5.41, 5.74) is 2.89. The Morgan fingerprint density at radius 3 is 2.70 bits per heavy atom. The van der Waals surface area contributed by atoms with Crippen molar-refractivity contribution in [2.45, 2.75) is 6.54 Å². The van der Waals surface area contributed by atoms with Gasteiger partial charge < -0.3 is 10.6 Å². The van der Waals surface area contributed by atoms with Gasteiger partial charge >= 0.3 is 0 Å². The van der Waals surface area contributed by atoms with Crippen molar-refractivity contribution < 1.29 is 4.79 Å². The first-order valence-electron chi connectivity index (χ1n) is 6.17. The summed E-state index contributed by atoms with van der Waals surface area (Å²) >= 11 is 5.67. The summed E-state index contributed by atoms with van der Waals surface area (Å²) in [4.78, 5) is 19.3. The van der Waals surface area contributed by atoms with Gasteiger partial charge in [0, 0.05) is 24.5 Å². The first-order chi connectivity index (χ1) is 9.69. The van der Waals surface area contributed by atoms with Crippen molar-refractivity contribution in [1.29, 1.82) is 0 Å². The molecule has 2 rings (SSSR count). The highest BCUT2D eigenvalue weighted by molar-refractivity contribution is 6.28. The highest BCUT2D eigenvalue weighted by atomic mass is 35.5. The average Bonchev–Trinajstić information content (AvgIpc) is 2.47. The van der Waals surface area contributed by atoms with E-state index in [0.717, 1.165) is 16.7 Å². The second kappa shape index (κ2) is 6.98. The van der Waals surface area contributed by atoms with Crippen LogP contribution in [0.2, 0.25) is 5.28 Å². The molecule has 0 radical (unpaired) electrons. The fourth-order valence-electron chi connectivity index (χ4n) is 1.75. The summed E-state index contributed by atoms with van der Waals surface area (Å²) in [6.07, 6.45) is 3.35. The Hall–Kier alpha value is -1.98. The molecule has 104 valence electrons. The van der Waals surface area contributed by atoms with Crippen molar-refractivity contribution in [1.82, 2.24) is 20.6 Å². The van der Waals surface area contributed by atoms with Gasteiger partial charge in [-0.1, -0.05) is 18.2 Å². The van der Waals surface area contributed by atoms with E-state index >= 15 is 0 Å². The van der Waals surface area contributed by atoms with Crippen LogP contribution in [0.4, 0.5) is 0 Å². The summed E-state index contributed by atoms with van der Waals surface area (Å²) in [5, 5.41) is 5.87. The third kappa shape index (κ3) is 4.01. The van der Waals surface area contributed by atoms with E-state index in [1.807, 2.05) is 24.3 Å². The molecule has 0 fully saturated rings. The summed E-state index contributed by atoms with van der Waals surface area (Å²) in [6.45, 7) is 0.799. The Labute approximate surface area is 122 Å². The zero-order valence-electron chi connectivity index (χ0n) is 11.1. The second-order valence-corrected chi connectivity index (χ2v) is 4.59. The van der Waals surface area contributed by atoms with Gasteiger partial charge in [0.15, 0.2) is 0 Å². The Bertz CT molecular complexity index is 586. The lowest BCUT2D eigenvalue weighted by Crippen LogP contribution is -2.31. The maximum absolute atomic E-state index is 11.4. The number of carbonyl (C=O) groups is 1. The molecular weight excluding hydrogens is 276 g/mol. The first-order valence-corrected chi connectivity index (χ1v) is 6.55. The first kappa shape index (κ1) is 14.4. The molecule has 5 nitrogen and oxygen atoms in total. The molecule has 0 spiro atoms. The quantitative estimate of drug-likeness (QED) is 0.822. The number of hydrogen-bond donors (Lipinski definition) is 2. The minimum atomic E-state index is -0.0345. The summed E-state index contributed by atoms with van der Waals surface area (Å²) in [5.74, 6) is -0.0345. The molecule has 0 bridgehead atoms. The maximum atomic E-state index is 11.4. The second-order valence-electron chi connectivity index (χ2n) is 4.25. The number of amides is 1. The maximum Gasteiger partial charge on any atom is 0.234 e. The minimum absolute atomic E-state index is 0.0345. The molecule has 0 aliphatic carbocycles. The van der Waals surface area contributed by atoms with Crippen molar-refractivity contribution in [2.24, 2.45) is 0 Å². The van der Waals surface area contributed by atoms with Crippen LogP contribution in [0.5, 0.6) is 0 Å². The van der Waals surface area contributed by atoms with Gasteiger partial charge in [0.2, 0.25) is 11.2 Å². The molecule has 0 aliphatic rings. The van der Waals surface area contributed by atoms with E-state index in [9.17, 15) is 4.79 Å². The molecule has 0 unspecified atom stereocenters. The highest BCUT2D eigenvalue weighted by Gasteiger charge is 2.03. The van der Waals surface area contributed by atoms with Gasteiger partial charge in [-0.2, -0.15) is 0 Å². The number of aromatic nitrogens is 2. The topological polar surface area (TPSA) is 66.9 Å². The number of halogens is 1. The molecule has 6 heteroatoms. The predicted molar refractivity (Wildman–Crippen MR) is 78.3 cm³/mol. The van der Waals surface area contributed by atoms with E-state index in [0.29, 0.717) is 13.1 Å². The van der Waals surface area contributed by atoms with Crippen molar-refractivity contribution in [3.63, 3.8) is 0 Å². The van der Waals surface area contributed by atoms with Gasteiger partial charge in [-0.3, -0.25) is 4.79 Å². The molecule has 0 saturated carbocycles. The molecule has 1 heterocycles. The zero-order chi connectivity index (χ0) is 14.4. The van der Waals surface area contributed by atoms with Crippen molar-refractivity contribution in [2.75, 3.05) is 13.6 Å². The van der Waals surface area contributed by atoms with E-state index < -0.39 is 0 Å². The van der Waals surface area contributed by atoms with Crippen LogP contribution >= 0.6 is 11.6 Å². The normalized spacial score (nSPS) is 10.3. The number of nitrogens with zero attached hydrogens (tertiary/aromatic N) is 2. The SMILES string of the molecule is CNCC(=O)NCc1cccc(-c2cnc(Cl)nc2)c1. The van der Waals surface area contributed by atoms with Crippen molar-refractivity contribution in [3.05, 3.63) is 47.5 Å². The summed E-state index contributed by atoms with van der Waals surface area (Å²) < 4.78 is 0. The van der Waals surface area contributed by atoms with E-state index in [1.54, 1.807) is 19.4 Å². The fourth-order valence-corrected chi connectivity index (χ4v) is 1.84. The van der Waals surface area contributed by atoms with Crippen LogP contribution in [0.1, 0.15) is 5.56 Å². The molecule has 0 saturated heterocycles. The molecule has 1 aromatic heterocycles. The van der Waals surface area contributed by atoms with E-state index in [2.05, 4.69) is 20.6 Å². The van der Waals surface area contributed by atoms with Crippen LogP contribution in [0.3, 0.4) is 0 Å². The van der Waals surface area contributed by atoms with E-state index in [1.165, 1.54) is 0 Å². The third-order valence-electron chi connectivity index (χ3n) is 2.71. The van der Waals surface area contributed by atoms with Crippen molar-refractivity contribution >= 4 is 17.5 Å². The monoisotopic (exact) mass is 290 g/mol. The molecular formula is C14H15ClN4O. The minimum Gasteiger partial charge on any atom is -0.351 e. The summed E-state index contributed by atoms with van der Waals surface area (Å²) in [7, 11) is 1.74. The average molecular weight is 291 g/mol. The van der Waals surface area contributed by atoms with Gasteiger partial charge in [-0.05, 0) is 35.8 Å². The van der Waals surface area contributed by atoms with Crippen molar-refractivity contribution in [3.8, 4) is 11.1 Å². The number of hydrogen-bond acceptors (Lipinski definition) is 4. The molecule has 0 atom stereocenters. The molecule has 1 amide bonds. The molecule has 2 aromatic rings. The Balaban J connectivity index is 2.08. The van der Waals surface area contributed by atoms with E-state index in [4.69, 9.17) is 11.6 Å².